The molecule has 0 bridgehead atoms. The minimum atomic E-state index is -4.74. The summed E-state index contributed by atoms with van der Waals surface area (Å²) in [5, 5.41) is 11.4. The predicted octanol–water partition coefficient (Wildman–Crippen LogP) is 2.95. The molecule has 23 heavy (non-hydrogen) atoms. The molecule has 1 aliphatic carbocycles. The number of anilines is 1. The van der Waals surface area contributed by atoms with Gasteiger partial charge in [-0.3, -0.25) is 4.79 Å². The van der Waals surface area contributed by atoms with Gasteiger partial charge in [0.1, 0.15) is 5.54 Å². The first-order valence-electron chi connectivity index (χ1n) is 7.06. The monoisotopic (exact) mass is 323 g/mol. The average Bonchev–Trinajstić information content (AvgIpc) is 3.04. The molecule has 8 heteroatoms. The SMILES string of the molecule is N#Cc1ccc(N2C(=O)NC3(CCCC3)C2=O)cc1C(F)(F)F. The molecule has 1 saturated carbocycles. The van der Waals surface area contributed by atoms with Crippen molar-refractivity contribution in [1.29, 1.82) is 5.26 Å². The number of hydrogen-bond acceptors (Lipinski definition) is 3. The van der Waals surface area contributed by atoms with E-state index in [1.807, 2.05) is 0 Å². The molecule has 1 spiro atoms. The summed E-state index contributed by atoms with van der Waals surface area (Å²) in [7, 11) is 0. The van der Waals surface area contributed by atoms with E-state index < -0.39 is 34.8 Å². The normalized spacial score (nSPS) is 20.0. The molecule has 1 aromatic carbocycles. The first-order valence-corrected chi connectivity index (χ1v) is 7.06. The van der Waals surface area contributed by atoms with E-state index in [1.54, 1.807) is 0 Å². The van der Waals surface area contributed by atoms with Crippen molar-refractivity contribution in [3.8, 4) is 6.07 Å². The number of hydrogen-bond donors (Lipinski definition) is 1. The second kappa shape index (κ2) is 4.98. The molecule has 0 unspecified atom stereocenters. The van der Waals surface area contributed by atoms with E-state index in [9.17, 15) is 22.8 Å². The van der Waals surface area contributed by atoms with Crippen molar-refractivity contribution in [3.05, 3.63) is 29.3 Å². The van der Waals surface area contributed by atoms with Crippen LogP contribution < -0.4 is 10.2 Å². The van der Waals surface area contributed by atoms with Crippen molar-refractivity contribution in [2.75, 3.05) is 4.90 Å². The highest BCUT2D eigenvalue weighted by Gasteiger charge is 2.53. The number of halogens is 3. The third kappa shape index (κ3) is 2.32. The summed E-state index contributed by atoms with van der Waals surface area (Å²) in [6.45, 7) is 0. The van der Waals surface area contributed by atoms with E-state index in [0.29, 0.717) is 18.9 Å². The number of imide groups is 1. The Labute approximate surface area is 129 Å². The van der Waals surface area contributed by atoms with Gasteiger partial charge in [0.2, 0.25) is 0 Å². The fourth-order valence-corrected chi connectivity index (χ4v) is 3.18. The van der Waals surface area contributed by atoms with Crippen LogP contribution in [0.5, 0.6) is 0 Å². The number of benzene rings is 1. The molecule has 3 amide bonds. The maximum atomic E-state index is 13.0. The zero-order valence-electron chi connectivity index (χ0n) is 11.9. The molecular weight excluding hydrogens is 311 g/mol. The van der Waals surface area contributed by atoms with Crippen LogP contribution in [0.2, 0.25) is 0 Å². The highest BCUT2D eigenvalue weighted by Crippen LogP contribution is 2.39. The molecule has 3 rings (SSSR count). The van der Waals surface area contributed by atoms with E-state index in [1.165, 1.54) is 12.1 Å². The highest BCUT2D eigenvalue weighted by atomic mass is 19.4. The second-order valence-corrected chi connectivity index (χ2v) is 5.70. The summed E-state index contributed by atoms with van der Waals surface area (Å²) < 4.78 is 39.1. The van der Waals surface area contributed by atoms with Gasteiger partial charge in [-0.05, 0) is 31.0 Å². The maximum absolute atomic E-state index is 13.0. The van der Waals surface area contributed by atoms with Crippen molar-refractivity contribution >= 4 is 17.6 Å². The Morgan fingerprint density at radius 2 is 1.87 bits per heavy atom. The predicted molar refractivity (Wildman–Crippen MR) is 73.4 cm³/mol. The van der Waals surface area contributed by atoms with Gasteiger partial charge >= 0.3 is 12.2 Å². The number of carbonyl (C=O) groups is 2. The van der Waals surface area contributed by atoms with Crippen LogP contribution in [-0.2, 0) is 11.0 Å². The molecule has 120 valence electrons. The first kappa shape index (κ1) is 15.3. The van der Waals surface area contributed by atoms with E-state index in [4.69, 9.17) is 5.26 Å². The molecule has 1 aliphatic heterocycles. The Balaban J connectivity index is 2.04. The summed E-state index contributed by atoms with van der Waals surface area (Å²) in [5.74, 6) is -0.530. The summed E-state index contributed by atoms with van der Waals surface area (Å²) in [4.78, 5) is 25.4. The van der Waals surface area contributed by atoms with E-state index in [0.717, 1.165) is 23.8 Å². The van der Waals surface area contributed by atoms with E-state index >= 15 is 0 Å². The zero-order chi connectivity index (χ0) is 16.8. The van der Waals surface area contributed by atoms with Crippen molar-refractivity contribution in [2.24, 2.45) is 0 Å². The standard InChI is InChI=1S/C15H12F3N3O2/c16-15(17,18)11-7-10(4-3-9(11)8-19)21-12(22)14(20-13(21)23)5-1-2-6-14/h3-4,7H,1-2,5-6H2,(H,20,23). The fourth-order valence-electron chi connectivity index (χ4n) is 3.18. The molecule has 1 aromatic rings. The van der Waals surface area contributed by atoms with Gasteiger partial charge in [0.25, 0.3) is 5.91 Å². The smallest absolute Gasteiger partial charge is 0.323 e. The van der Waals surface area contributed by atoms with Crippen molar-refractivity contribution in [3.63, 3.8) is 0 Å². The molecule has 0 aromatic heterocycles. The minimum absolute atomic E-state index is 0.178. The van der Waals surface area contributed by atoms with Gasteiger partial charge in [-0.15, -0.1) is 0 Å². The van der Waals surface area contributed by atoms with Gasteiger partial charge in [0.15, 0.2) is 0 Å². The van der Waals surface area contributed by atoms with Crippen LogP contribution in [0, 0.1) is 11.3 Å². The molecule has 2 fully saturated rings. The van der Waals surface area contributed by atoms with Gasteiger partial charge in [-0.1, -0.05) is 12.8 Å². The molecule has 1 heterocycles. The van der Waals surface area contributed by atoms with Gasteiger partial charge in [0.05, 0.1) is 22.9 Å². The lowest BCUT2D eigenvalue weighted by atomic mass is 9.97. The van der Waals surface area contributed by atoms with Crippen LogP contribution in [0.3, 0.4) is 0 Å². The summed E-state index contributed by atoms with van der Waals surface area (Å²) in [6.07, 6.45) is -2.22. The number of amides is 3. The zero-order valence-corrected chi connectivity index (χ0v) is 11.9. The third-order valence-corrected chi connectivity index (χ3v) is 4.31. The molecule has 5 nitrogen and oxygen atoms in total. The number of nitriles is 1. The van der Waals surface area contributed by atoms with Gasteiger partial charge in [-0.2, -0.15) is 18.4 Å². The van der Waals surface area contributed by atoms with Crippen LogP contribution in [0.25, 0.3) is 0 Å². The number of nitrogens with one attached hydrogen (secondary N) is 1. The number of nitrogens with zero attached hydrogens (tertiary/aromatic N) is 2. The minimum Gasteiger partial charge on any atom is -0.323 e. The van der Waals surface area contributed by atoms with Crippen molar-refractivity contribution < 1.29 is 22.8 Å². The average molecular weight is 323 g/mol. The lowest BCUT2D eigenvalue weighted by Crippen LogP contribution is -2.44. The van der Waals surface area contributed by atoms with Crippen molar-refractivity contribution in [2.45, 2.75) is 37.4 Å². The number of rotatable bonds is 1. The first-order chi connectivity index (χ1) is 10.8. The Kier molecular flexibility index (Phi) is 3.32. The lowest BCUT2D eigenvalue weighted by Gasteiger charge is -2.20. The van der Waals surface area contributed by atoms with Crippen LogP contribution in [-0.4, -0.2) is 17.5 Å². The number of carbonyl (C=O) groups excluding carboxylic acids is 2. The number of alkyl halides is 3. The Morgan fingerprint density at radius 3 is 2.43 bits per heavy atom. The molecule has 0 atom stereocenters. The fraction of sp³-hybridized carbons (Fsp3) is 0.400. The van der Waals surface area contributed by atoms with Crippen LogP contribution in [0.1, 0.15) is 36.8 Å². The molecule has 2 aliphatic rings. The van der Waals surface area contributed by atoms with Crippen LogP contribution in [0.4, 0.5) is 23.7 Å². The Hall–Kier alpha value is -2.56. The summed E-state index contributed by atoms with van der Waals surface area (Å²) >= 11 is 0. The summed E-state index contributed by atoms with van der Waals surface area (Å²) in [6, 6.07) is 3.56. The van der Waals surface area contributed by atoms with Gasteiger partial charge in [0, 0.05) is 0 Å². The van der Waals surface area contributed by atoms with Crippen LogP contribution >= 0.6 is 0 Å². The largest absolute Gasteiger partial charge is 0.417 e. The summed E-state index contributed by atoms with van der Waals surface area (Å²) in [5.41, 5.74) is -2.89. The molecule has 1 saturated heterocycles. The number of urea groups is 1. The highest BCUT2D eigenvalue weighted by molar-refractivity contribution is 6.23. The van der Waals surface area contributed by atoms with E-state index in [-0.39, 0.29) is 5.69 Å². The van der Waals surface area contributed by atoms with Crippen LogP contribution in [0.15, 0.2) is 18.2 Å². The molecule has 0 radical (unpaired) electrons. The van der Waals surface area contributed by atoms with Gasteiger partial charge in [-0.25, -0.2) is 9.69 Å². The Morgan fingerprint density at radius 1 is 1.22 bits per heavy atom. The Bertz CT molecular complexity index is 730. The lowest BCUT2D eigenvalue weighted by molar-refractivity contribution is -0.137. The maximum Gasteiger partial charge on any atom is 0.417 e. The quantitative estimate of drug-likeness (QED) is 0.808. The topological polar surface area (TPSA) is 73.2 Å². The van der Waals surface area contributed by atoms with E-state index in [2.05, 4.69) is 5.32 Å². The molecular formula is C15H12F3N3O2. The third-order valence-electron chi connectivity index (χ3n) is 4.31. The second-order valence-electron chi connectivity index (χ2n) is 5.70. The van der Waals surface area contributed by atoms with Gasteiger partial charge < -0.3 is 5.32 Å². The van der Waals surface area contributed by atoms with Crippen molar-refractivity contribution in [1.82, 2.24) is 5.32 Å². The molecule has 1 N–H and O–H groups in total.